The van der Waals surface area contributed by atoms with Gasteiger partial charge in [0.25, 0.3) is 0 Å². The number of aryl methyl sites for hydroxylation is 2. The summed E-state index contributed by atoms with van der Waals surface area (Å²) in [5.41, 5.74) is 3.05. The van der Waals surface area contributed by atoms with Gasteiger partial charge in [-0.2, -0.15) is 0 Å². The average molecular weight is 521 g/mol. The largest absolute Gasteiger partial charge is 0.124 e. The minimum absolute atomic E-state index is 1.22. The molecule has 0 saturated heterocycles. The Hall–Kier alpha value is -1.42. The molecular weight excluding hydrogens is 481 g/mol. The molecule has 0 nitrogen and oxygen atoms in total. The summed E-state index contributed by atoms with van der Waals surface area (Å²) >= 11 is 6.02. The molecule has 5 rings (SSSR count). The van der Waals surface area contributed by atoms with Gasteiger partial charge in [-0.3, -0.25) is 0 Å². The summed E-state index contributed by atoms with van der Waals surface area (Å²) in [5, 5.41) is 6.08. The van der Waals surface area contributed by atoms with Gasteiger partial charge in [-0.15, -0.1) is 34.0 Å². The quantitative estimate of drug-likeness (QED) is 0.128. The van der Waals surface area contributed by atoms with Crippen molar-refractivity contribution < 1.29 is 0 Å². The van der Waals surface area contributed by atoms with Crippen LogP contribution >= 0.6 is 34.0 Å². The van der Waals surface area contributed by atoms with Gasteiger partial charge in [-0.1, -0.05) is 90.2 Å². The molecule has 5 aromatic rings. The van der Waals surface area contributed by atoms with Crippen molar-refractivity contribution in [2.75, 3.05) is 0 Å². The lowest BCUT2D eigenvalue weighted by molar-refractivity contribution is 0.607. The standard InChI is InChI=1S/C32H40S3/c1-3-5-7-9-11-13-15-23-17-19-27-25(21-23)29-30-26-22-24(16-14-12-10-8-6-4-2)18-20-28(26)34-32(30)35-31(29)33-27/h17-22H,3-16H2,1-2H3. The predicted octanol–water partition coefficient (Wildman–Crippen LogP) is 12.3. The monoisotopic (exact) mass is 520 g/mol. The van der Waals surface area contributed by atoms with E-state index in [1.54, 1.807) is 0 Å². The van der Waals surface area contributed by atoms with Crippen molar-refractivity contribution in [3.8, 4) is 0 Å². The number of thiophene rings is 3. The highest BCUT2D eigenvalue weighted by molar-refractivity contribution is 7.52. The zero-order chi connectivity index (χ0) is 24.0. The first kappa shape index (κ1) is 25.2. The molecule has 0 aliphatic rings. The molecule has 0 amide bonds. The Balaban J connectivity index is 1.38. The minimum atomic E-state index is 1.22. The van der Waals surface area contributed by atoms with Crippen LogP contribution in [-0.4, -0.2) is 0 Å². The van der Waals surface area contributed by atoms with Crippen LogP contribution in [0.2, 0.25) is 0 Å². The topological polar surface area (TPSA) is 0 Å². The fourth-order valence-corrected chi connectivity index (χ4v) is 9.64. The van der Waals surface area contributed by atoms with Gasteiger partial charge in [0, 0.05) is 30.9 Å². The molecule has 0 spiro atoms. The Labute approximate surface area is 223 Å². The van der Waals surface area contributed by atoms with Gasteiger partial charge in [0.2, 0.25) is 0 Å². The van der Waals surface area contributed by atoms with Gasteiger partial charge in [-0.05, 0) is 61.1 Å². The fraction of sp³-hybridized carbons (Fsp3) is 0.500. The van der Waals surface area contributed by atoms with Gasteiger partial charge < -0.3 is 0 Å². The second kappa shape index (κ2) is 12.2. The Bertz CT molecular complexity index is 1280. The molecule has 0 aliphatic heterocycles. The lowest BCUT2D eigenvalue weighted by atomic mass is 10.0. The maximum absolute atomic E-state index is 2.52. The van der Waals surface area contributed by atoms with Crippen LogP contribution in [0.1, 0.15) is 102 Å². The van der Waals surface area contributed by atoms with Crippen LogP contribution < -0.4 is 0 Å². The predicted molar refractivity (Wildman–Crippen MR) is 164 cm³/mol. The summed E-state index contributed by atoms with van der Waals surface area (Å²) in [4.78, 5) is 0. The van der Waals surface area contributed by atoms with Crippen molar-refractivity contribution in [1.82, 2.24) is 0 Å². The molecule has 0 bridgehead atoms. The van der Waals surface area contributed by atoms with Crippen LogP contribution in [0, 0.1) is 0 Å². The molecule has 0 saturated carbocycles. The Morgan fingerprint density at radius 3 is 1.37 bits per heavy atom. The Morgan fingerprint density at radius 2 is 0.914 bits per heavy atom. The highest BCUT2D eigenvalue weighted by Gasteiger charge is 2.17. The molecule has 2 aromatic carbocycles. The molecule has 3 heteroatoms. The molecule has 0 aliphatic carbocycles. The van der Waals surface area contributed by atoms with Gasteiger partial charge >= 0.3 is 0 Å². The Morgan fingerprint density at radius 1 is 0.486 bits per heavy atom. The van der Waals surface area contributed by atoms with E-state index in [1.165, 1.54) is 140 Å². The molecule has 0 fully saturated rings. The smallest absolute Gasteiger partial charge is 0.0899 e. The molecule has 0 atom stereocenters. The molecular formula is C32H40S3. The van der Waals surface area contributed by atoms with E-state index in [2.05, 4.69) is 50.2 Å². The second-order valence-corrected chi connectivity index (χ2v) is 14.0. The van der Waals surface area contributed by atoms with E-state index in [0.717, 1.165) is 0 Å². The molecule has 0 unspecified atom stereocenters. The summed E-state index contributed by atoms with van der Waals surface area (Å²) in [7, 11) is 0. The zero-order valence-corrected chi connectivity index (χ0v) is 24.0. The zero-order valence-electron chi connectivity index (χ0n) is 21.6. The first-order chi connectivity index (χ1) is 17.3. The number of benzene rings is 2. The second-order valence-electron chi connectivity index (χ2n) is 10.3. The molecule has 0 N–H and O–H groups in total. The van der Waals surface area contributed by atoms with Crippen LogP contribution in [0.25, 0.3) is 39.0 Å². The highest BCUT2D eigenvalue weighted by Crippen LogP contribution is 2.50. The van der Waals surface area contributed by atoms with Crippen LogP contribution in [0.4, 0.5) is 0 Å². The van der Waals surface area contributed by atoms with Crippen molar-refractivity contribution in [2.24, 2.45) is 0 Å². The first-order valence-electron chi connectivity index (χ1n) is 14.1. The number of hydrogen-bond donors (Lipinski definition) is 0. The van der Waals surface area contributed by atoms with Gasteiger partial charge in [-0.25, -0.2) is 0 Å². The van der Waals surface area contributed by atoms with Crippen molar-refractivity contribution >= 4 is 73.0 Å². The third kappa shape index (κ3) is 5.78. The van der Waals surface area contributed by atoms with E-state index in [1.807, 2.05) is 34.0 Å². The molecule has 0 radical (unpaired) electrons. The van der Waals surface area contributed by atoms with Gasteiger partial charge in [0.1, 0.15) is 0 Å². The van der Waals surface area contributed by atoms with E-state index in [-0.39, 0.29) is 0 Å². The third-order valence-corrected chi connectivity index (χ3v) is 11.2. The van der Waals surface area contributed by atoms with Crippen LogP contribution in [0.3, 0.4) is 0 Å². The van der Waals surface area contributed by atoms with Crippen LogP contribution in [0.15, 0.2) is 36.4 Å². The van der Waals surface area contributed by atoms with E-state index in [9.17, 15) is 0 Å². The number of rotatable bonds is 14. The summed E-state index contributed by atoms with van der Waals surface area (Å²) in [6.45, 7) is 4.59. The number of hydrogen-bond acceptors (Lipinski definition) is 3. The van der Waals surface area contributed by atoms with E-state index in [4.69, 9.17) is 0 Å². The number of unbranched alkanes of at least 4 members (excludes halogenated alkanes) is 10. The lowest BCUT2D eigenvalue weighted by Gasteiger charge is -2.04. The molecule has 3 heterocycles. The molecule has 3 aromatic heterocycles. The average Bonchev–Trinajstić information content (AvgIpc) is 3.50. The minimum Gasteiger partial charge on any atom is -0.124 e. The summed E-state index contributed by atoms with van der Waals surface area (Å²) in [5.74, 6) is 0. The van der Waals surface area contributed by atoms with Crippen LogP contribution in [0.5, 0.6) is 0 Å². The normalized spacial score (nSPS) is 12.2. The molecule has 35 heavy (non-hydrogen) atoms. The first-order valence-corrected chi connectivity index (χ1v) is 16.5. The van der Waals surface area contributed by atoms with Crippen molar-refractivity contribution in [3.05, 3.63) is 47.5 Å². The Kier molecular flexibility index (Phi) is 8.81. The van der Waals surface area contributed by atoms with Crippen molar-refractivity contribution in [2.45, 2.75) is 104 Å². The van der Waals surface area contributed by atoms with Crippen LogP contribution in [-0.2, 0) is 12.8 Å². The number of fused-ring (bicyclic) bond motifs is 7. The van der Waals surface area contributed by atoms with Gasteiger partial charge in [0.15, 0.2) is 0 Å². The summed E-state index contributed by atoms with van der Waals surface area (Å²) in [6, 6.07) is 14.6. The SMILES string of the molecule is CCCCCCCCc1ccc2sc3sc4sc5ccc(CCCCCCCC)cc5c4c3c2c1. The lowest BCUT2D eigenvalue weighted by Crippen LogP contribution is -1.86. The van der Waals surface area contributed by atoms with E-state index in [0.29, 0.717) is 0 Å². The summed E-state index contributed by atoms with van der Waals surface area (Å²) < 4.78 is 5.95. The fourth-order valence-electron chi connectivity index (χ4n) is 5.48. The van der Waals surface area contributed by atoms with Gasteiger partial charge in [0.05, 0.1) is 8.03 Å². The van der Waals surface area contributed by atoms with Crippen molar-refractivity contribution in [3.63, 3.8) is 0 Å². The summed E-state index contributed by atoms with van der Waals surface area (Å²) in [6.07, 6.45) is 18.9. The molecule has 186 valence electrons. The van der Waals surface area contributed by atoms with E-state index >= 15 is 0 Å². The maximum atomic E-state index is 2.52. The maximum Gasteiger partial charge on any atom is 0.0899 e. The highest BCUT2D eigenvalue weighted by atomic mass is 32.2. The van der Waals surface area contributed by atoms with E-state index < -0.39 is 0 Å². The van der Waals surface area contributed by atoms with Crippen molar-refractivity contribution in [1.29, 1.82) is 0 Å². The third-order valence-electron chi connectivity index (χ3n) is 7.51.